The van der Waals surface area contributed by atoms with Gasteiger partial charge in [-0.2, -0.15) is 4.31 Å². The molecule has 2 amide bonds. The molecule has 0 aliphatic carbocycles. The average molecular weight is 413 g/mol. The van der Waals surface area contributed by atoms with E-state index in [-0.39, 0.29) is 17.0 Å². The number of sulfonamides is 1. The number of benzene rings is 2. The van der Waals surface area contributed by atoms with Crippen LogP contribution in [0.2, 0.25) is 0 Å². The van der Waals surface area contributed by atoms with E-state index in [4.69, 9.17) is 5.73 Å². The Morgan fingerprint density at radius 1 is 0.966 bits per heavy atom. The summed E-state index contributed by atoms with van der Waals surface area (Å²) in [7, 11) is -3.63. The molecule has 0 bridgehead atoms. The molecular formula is C21H23N3O4S. The zero-order chi connectivity index (χ0) is 20.6. The van der Waals surface area contributed by atoms with E-state index in [0.717, 1.165) is 24.0 Å². The molecule has 1 saturated heterocycles. The number of hydrogen-bond donors (Lipinski definition) is 1. The molecule has 2 aliphatic rings. The van der Waals surface area contributed by atoms with Gasteiger partial charge in [0.1, 0.15) is 6.04 Å². The molecule has 4 rings (SSSR count). The molecule has 8 heteroatoms. The smallest absolute Gasteiger partial charge is 0.254 e. The molecule has 1 fully saturated rings. The van der Waals surface area contributed by atoms with Crippen LogP contribution in [-0.2, 0) is 27.8 Å². The predicted molar refractivity (Wildman–Crippen MR) is 107 cm³/mol. The van der Waals surface area contributed by atoms with Gasteiger partial charge in [-0.1, -0.05) is 30.3 Å². The molecule has 0 aromatic heterocycles. The third-order valence-electron chi connectivity index (χ3n) is 5.62. The second kappa shape index (κ2) is 7.61. The van der Waals surface area contributed by atoms with Crippen LogP contribution < -0.4 is 5.73 Å². The minimum atomic E-state index is -3.63. The quantitative estimate of drug-likeness (QED) is 0.821. The minimum absolute atomic E-state index is 0.0956. The Morgan fingerprint density at radius 3 is 2.34 bits per heavy atom. The fourth-order valence-corrected chi connectivity index (χ4v) is 5.59. The fourth-order valence-electron chi connectivity index (χ4n) is 4.02. The Morgan fingerprint density at radius 2 is 1.66 bits per heavy atom. The molecule has 152 valence electrons. The van der Waals surface area contributed by atoms with Gasteiger partial charge >= 0.3 is 0 Å². The van der Waals surface area contributed by atoms with Crippen LogP contribution >= 0.6 is 0 Å². The zero-order valence-corrected chi connectivity index (χ0v) is 16.8. The van der Waals surface area contributed by atoms with Crippen LogP contribution in [0.5, 0.6) is 0 Å². The van der Waals surface area contributed by atoms with Crippen LogP contribution in [0.3, 0.4) is 0 Å². The van der Waals surface area contributed by atoms with Crippen LogP contribution in [-0.4, -0.2) is 48.6 Å². The van der Waals surface area contributed by atoms with E-state index in [9.17, 15) is 18.0 Å². The molecule has 0 saturated carbocycles. The first-order valence-electron chi connectivity index (χ1n) is 9.65. The topological polar surface area (TPSA) is 101 Å². The van der Waals surface area contributed by atoms with Crippen molar-refractivity contribution in [1.82, 2.24) is 9.21 Å². The summed E-state index contributed by atoms with van der Waals surface area (Å²) in [5, 5.41) is 0. The molecule has 2 aromatic rings. The fraction of sp³-hybridized carbons (Fsp3) is 0.333. The van der Waals surface area contributed by atoms with Crippen LogP contribution in [0.15, 0.2) is 53.4 Å². The maximum absolute atomic E-state index is 13.2. The number of rotatable bonds is 4. The second-order valence-electron chi connectivity index (χ2n) is 7.46. The van der Waals surface area contributed by atoms with Crippen LogP contribution in [0.25, 0.3) is 0 Å². The van der Waals surface area contributed by atoms with Crippen molar-refractivity contribution >= 4 is 21.8 Å². The lowest BCUT2D eigenvalue weighted by molar-refractivity contribution is -0.122. The third-order valence-corrected chi connectivity index (χ3v) is 7.52. The monoisotopic (exact) mass is 413 g/mol. The molecule has 2 aromatic carbocycles. The first-order valence-corrected chi connectivity index (χ1v) is 11.1. The summed E-state index contributed by atoms with van der Waals surface area (Å²) in [6.45, 7) is 1.24. The summed E-state index contributed by atoms with van der Waals surface area (Å²) in [5.41, 5.74) is 7.76. The van der Waals surface area contributed by atoms with Gasteiger partial charge in [-0.15, -0.1) is 0 Å². The molecule has 2 N–H and O–H groups in total. The Kier molecular flexibility index (Phi) is 5.14. The molecular weight excluding hydrogens is 390 g/mol. The normalized spacial score (nSPS) is 19.7. The molecule has 2 heterocycles. The van der Waals surface area contributed by atoms with Gasteiger partial charge in [0, 0.05) is 31.6 Å². The van der Waals surface area contributed by atoms with E-state index in [1.54, 1.807) is 12.1 Å². The van der Waals surface area contributed by atoms with Crippen molar-refractivity contribution in [3.63, 3.8) is 0 Å². The van der Waals surface area contributed by atoms with Gasteiger partial charge in [-0.3, -0.25) is 9.59 Å². The van der Waals surface area contributed by atoms with E-state index in [1.807, 2.05) is 24.3 Å². The molecule has 0 unspecified atom stereocenters. The van der Waals surface area contributed by atoms with Crippen molar-refractivity contribution < 1.29 is 18.0 Å². The highest BCUT2D eigenvalue weighted by atomic mass is 32.2. The van der Waals surface area contributed by atoms with Crippen molar-refractivity contribution in [1.29, 1.82) is 0 Å². The number of nitrogens with two attached hydrogens (primary N) is 1. The lowest BCUT2D eigenvalue weighted by Gasteiger charge is -2.35. The average Bonchev–Trinajstić information content (AvgIpc) is 3.28. The van der Waals surface area contributed by atoms with Gasteiger partial charge in [0.15, 0.2) is 0 Å². The maximum atomic E-state index is 13.2. The lowest BCUT2D eigenvalue weighted by atomic mass is 9.93. The van der Waals surface area contributed by atoms with E-state index >= 15 is 0 Å². The van der Waals surface area contributed by atoms with Gasteiger partial charge in [-0.25, -0.2) is 8.42 Å². The summed E-state index contributed by atoms with van der Waals surface area (Å²) < 4.78 is 27.1. The van der Waals surface area contributed by atoms with Crippen molar-refractivity contribution in [2.24, 2.45) is 5.73 Å². The summed E-state index contributed by atoms with van der Waals surface area (Å²) in [5.74, 6) is -0.976. The number of amides is 2. The minimum Gasteiger partial charge on any atom is -0.368 e. The zero-order valence-electron chi connectivity index (χ0n) is 16.0. The number of primary amides is 1. The van der Waals surface area contributed by atoms with Gasteiger partial charge in [0.25, 0.3) is 5.91 Å². The molecule has 0 spiro atoms. The molecule has 0 radical (unpaired) electrons. The van der Waals surface area contributed by atoms with Crippen LogP contribution in [0.1, 0.15) is 34.3 Å². The number of carbonyl (C=O) groups excluding carboxylic acids is 2. The first kappa shape index (κ1) is 19.6. The van der Waals surface area contributed by atoms with E-state index in [2.05, 4.69) is 0 Å². The van der Waals surface area contributed by atoms with E-state index in [0.29, 0.717) is 19.5 Å². The number of carbonyl (C=O) groups is 2. The molecule has 7 nitrogen and oxygen atoms in total. The standard InChI is InChI=1S/C21H23N3O4S/c22-20(25)19-13-15-6-1-2-7-17(15)14-24(19)21(26)16-8-5-9-18(12-16)29(27,28)23-10-3-4-11-23/h1-2,5-9,12,19H,3-4,10-11,13-14H2,(H2,22,25)/t19-/m0/s1. The third kappa shape index (κ3) is 3.65. The number of nitrogens with zero attached hydrogens (tertiary/aromatic N) is 2. The van der Waals surface area contributed by atoms with Crippen LogP contribution in [0, 0.1) is 0 Å². The summed E-state index contributed by atoms with van der Waals surface area (Å²) in [6, 6.07) is 12.9. The largest absolute Gasteiger partial charge is 0.368 e. The Bertz CT molecular complexity index is 1060. The Labute approximate surface area is 170 Å². The highest BCUT2D eigenvalue weighted by Gasteiger charge is 2.34. The summed E-state index contributed by atoms with van der Waals surface area (Å²) >= 11 is 0. The van der Waals surface area contributed by atoms with Gasteiger partial charge < -0.3 is 10.6 Å². The molecule has 1 atom stereocenters. The molecule has 2 aliphatic heterocycles. The van der Waals surface area contributed by atoms with Crippen molar-refractivity contribution in [3.05, 3.63) is 65.2 Å². The van der Waals surface area contributed by atoms with E-state index < -0.39 is 27.9 Å². The highest BCUT2D eigenvalue weighted by molar-refractivity contribution is 7.89. The van der Waals surface area contributed by atoms with Gasteiger partial charge in [0.05, 0.1) is 4.90 Å². The predicted octanol–water partition coefficient (Wildman–Crippen LogP) is 1.52. The van der Waals surface area contributed by atoms with E-state index in [1.165, 1.54) is 21.3 Å². The lowest BCUT2D eigenvalue weighted by Crippen LogP contribution is -2.51. The SMILES string of the molecule is NC(=O)[C@@H]1Cc2ccccc2CN1C(=O)c1cccc(S(=O)(=O)N2CCCC2)c1. The first-order chi connectivity index (χ1) is 13.9. The maximum Gasteiger partial charge on any atom is 0.254 e. The Balaban J connectivity index is 1.66. The number of hydrogen-bond acceptors (Lipinski definition) is 4. The summed E-state index contributed by atoms with van der Waals surface area (Å²) in [6.07, 6.45) is 2.03. The van der Waals surface area contributed by atoms with Crippen molar-refractivity contribution in [2.45, 2.75) is 36.7 Å². The summed E-state index contributed by atoms with van der Waals surface area (Å²) in [4.78, 5) is 26.8. The Hall–Kier alpha value is -2.71. The number of fused-ring (bicyclic) bond motifs is 1. The van der Waals surface area contributed by atoms with Gasteiger partial charge in [-0.05, 0) is 42.2 Å². The van der Waals surface area contributed by atoms with Crippen LogP contribution in [0.4, 0.5) is 0 Å². The molecule has 29 heavy (non-hydrogen) atoms. The highest BCUT2D eigenvalue weighted by Crippen LogP contribution is 2.26. The van der Waals surface area contributed by atoms with Crippen molar-refractivity contribution in [3.8, 4) is 0 Å². The van der Waals surface area contributed by atoms with Gasteiger partial charge in [0.2, 0.25) is 15.9 Å². The second-order valence-corrected chi connectivity index (χ2v) is 9.40. The van der Waals surface area contributed by atoms with Crippen molar-refractivity contribution in [2.75, 3.05) is 13.1 Å².